The molecule has 0 aliphatic carbocycles. The summed E-state index contributed by atoms with van der Waals surface area (Å²) in [6.07, 6.45) is 4.39. The second kappa shape index (κ2) is 5.54. The number of methoxy groups -OCH3 is 1. The smallest absolute Gasteiger partial charge is 0.122 e. The van der Waals surface area contributed by atoms with Crippen molar-refractivity contribution in [1.29, 1.82) is 0 Å². The number of halogens is 1. The quantitative estimate of drug-likeness (QED) is 0.943. The van der Waals surface area contributed by atoms with E-state index >= 15 is 0 Å². The summed E-state index contributed by atoms with van der Waals surface area (Å²) in [5.74, 6) is 0.851. The van der Waals surface area contributed by atoms with Crippen molar-refractivity contribution in [2.45, 2.75) is 12.5 Å². The first-order chi connectivity index (χ1) is 8.60. The zero-order chi connectivity index (χ0) is 13.1. The standard InChI is InChI=1S/C13H16BrN3O/c1-17-7-12(16-8-17)11(15)6-9-5-10(14)3-4-13(9)18-2/h3-5,7-8,11H,6,15H2,1-2H3. The molecule has 1 unspecified atom stereocenters. The average Bonchev–Trinajstić information content (AvgIpc) is 2.76. The highest BCUT2D eigenvalue weighted by atomic mass is 79.9. The Morgan fingerprint density at radius 3 is 2.89 bits per heavy atom. The van der Waals surface area contributed by atoms with Crippen molar-refractivity contribution in [3.63, 3.8) is 0 Å². The van der Waals surface area contributed by atoms with Crippen LogP contribution in [0.5, 0.6) is 5.75 Å². The Morgan fingerprint density at radius 2 is 2.28 bits per heavy atom. The highest BCUT2D eigenvalue weighted by Crippen LogP contribution is 2.26. The lowest BCUT2D eigenvalue weighted by Gasteiger charge is -2.13. The number of rotatable bonds is 4. The molecule has 0 fully saturated rings. The number of benzene rings is 1. The monoisotopic (exact) mass is 309 g/mol. The van der Waals surface area contributed by atoms with Crippen LogP contribution >= 0.6 is 15.9 Å². The summed E-state index contributed by atoms with van der Waals surface area (Å²) in [6, 6.07) is 5.79. The second-order valence-electron chi connectivity index (χ2n) is 4.23. The molecule has 1 heterocycles. The minimum atomic E-state index is -0.130. The Balaban J connectivity index is 2.20. The molecule has 0 radical (unpaired) electrons. The van der Waals surface area contributed by atoms with E-state index in [9.17, 15) is 0 Å². The zero-order valence-electron chi connectivity index (χ0n) is 10.4. The first-order valence-corrected chi connectivity index (χ1v) is 6.45. The van der Waals surface area contributed by atoms with Crippen LogP contribution in [0.15, 0.2) is 35.2 Å². The third-order valence-corrected chi connectivity index (χ3v) is 3.28. The molecule has 96 valence electrons. The van der Waals surface area contributed by atoms with Crippen molar-refractivity contribution in [3.8, 4) is 5.75 Å². The summed E-state index contributed by atoms with van der Waals surface area (Å²) in [5.41, 5.74) is 8.13. The molecule has 2 rings (SSSR count). The van der Waals surface area contributed by atoms with Crippen molar-refractivity contribution in [2.24, 2.45) is 12.8 Å². The first kappa shape index (κ1) is 13.1. The number of aryl methyl sites for hydroxylation is 1. The van der Waals surface area contributed by atoms with Gasteiger partial charge in [-0.05, 0) is 30.2 Å². The van der Waals surface area contributed by atoms with Gasteiger partial charge in [0.05, 0.1) is 25.2 Å². The van der Waals surface area contributed by atoms with Crippen molar-refractivity contribution < 1.29 is 4.74 Å². The Bertz CT molecular complexity index is 539. The molecule has 4 nitrogen and oxygen atoms in total. The Morgan fingerprint density at radius 1 is 1.50 bits per heavy atom. The van der Waals surface area contributed by atoms with Gasteiger partial charge in [0.2, 0.25) is 0 Å². The minimum absolute atomic E-state index is 0.130. The first-order valence-electron chi connectivity index (χ1n) is 5.66. The highest BCUT2D eigenvalue weighted by molar-refractivity contribution is 9.10. The third kappa shape index (κ3) is 2.91. The summed E-state index contributed by atoms with van der Waals surface area (Å²) < 4.78 is 8.26. The highest BCUT2D eigenvalue weighted by Gasteiger charge is 2.13. The number of nitrogens with two attached hydrogens (primary N) is 1. The van der Waals surface area contributed by atoms with Crippen molar-refractivity contribution >= 4 is 15.9 Å². The van der Waals surface area contributed by atoms with E-state index in [-0.39, 0.29) is 6.04 Å². The van der Waals surface area contributed by atoms with Gasteiger partial charge in [0, 0.05) is 17.7 Å². The van der Waals surface area contributed by atoms with Gasteiger partial charge in [-0.25, -0.2) is 4.98 Å². The SMILES string of the molecule is COc1ccc(Br)cc1CC(N)c1cn(C)cn1. The number of aromatic nitrogens is 2. The summed E-state index contributed by atoms with van der Waals surface area (Å²) in [6.45, 7) is 0. The fraction of sp³-hybridized carbons (Fsp3) is 0.308. The fourth-order valence-electron chi connectivity index (χ4n) is 1.87. The van der Waals surface area contributed by atoms with Crippen molar-refractivity contribution in [1.82, 2.24) is 9.55 Å². The second-order valence-corrected chi connectivity index (χ2v) is 5.15. The molecule has 2 aromatic rings. The van der Waals surface area contributed by atoms with Gasteiger partial charge in [-0.3, -0.25) is 0 Å². The lowest BCUT2D eigenvalue weighted by atomic mass is 10.0. The van der Waals surface area contributed by atoms with Gasteiger partial charge < -0.3 is 15.0 Å². The topological polar surface area (TPSA) is 53.1 Å². The average molecular weight is 310 g/mol. The molecule has 0 aliphatic heterocycles. The van der Waals surface area contributed by atoms with Crippen LogP contribution < -0.4 is 10.5 Å². The van der Waals surface area contributed by atoms with Crippen molar-refractivity contribution in [3.05, 3.63) is 46.5 Å². The van der Waals surface area contributed by atoms with E-state index in [0.717, 1.165) is 21.5 Å². The summed E-state index contributed by atoms with van der Waals surface area (Å²) in [7, 11) is 3.60. The Labute approximate surface area is 115 Å². The summed E-state index contributed by atoms with van der Waals surface area (Å²) in [4.78, 5) is 4.28. The Kier molecular flexibility index (Phi) is 4.04. The van der Waals surface area contributed by atoms with Crippen LogP contribution in [-0.2, 0) is 13.5 Å². The molecule has 1 aromatic heterocycles. The van der Waals surface area contributed by atoms with Crippen LogP contribution in [-0.4, -0.2) is 16.7 Å². The van der Waals surface area contributed by atoms with Crippen LogP contribution in [0.4, 0.5) is 0 Å². The number of nitrogens with zero attached hydrogens (tertiary/aromatic N) is 2. The molecular weight excluding hydrogens is 294 g/mol. The molecule has 18 heavy (non-hydrogen) atoms. The Hall–Kier alpha value is -1.33. The van der Waals surface area contributed by atoms with Gasteiger partial charge in [-0.15, -0.1) is 0 Å². The van der Waals surface area contributed by atoms with Gasteiger partial charge in [0.25, 0.3) is 0 Å². The van der Waals surface area contributed by atoms with Gasteiger partial charge >= 0.3 is 0 Å². The molecule has 1 aromatic carbocycles. The van der Waals surface area contributed by atoms with Crippen molar-refractivity contribution in [2.75, 3.05) is 7.11 Å². The third-order valence-electron chi connectivity index (χ3n) is 2.79. The number of hydrogen-bond acceptors (Lipinski definition) is 3. The van der Waals surface area contributed by atoms with E-state index in [4.69, 9.17) is 10.5 Å². The van der Waals surface area contributed by atoms with Gasteiger partial charge in [-0.2, -0.15) is 0 Å². The molecular formula is C13H16BrN3O. The van der Waals surface area contributed by atoms with Crippen LogP contribution in [0.2, 0.25) is 0 Å². The molecule has 2 N–H and O–H groups in total. The van der Waals surface area contributed by atoms with Gasteiger partial charge in [0.15, 0.2) is 0 Å². The molecule has 0 aliphatic rings. The van der Waals surface area contributed by atoms with E-state index in [1.54, 1.807) is 13.4 Å². The normalized spacial score (nSPS) is 12.4. The van der Waals surface area contributed by atoms with E-state index in [0.29, 0.717) is 6.42 Å². The van der Waals surface area contributed by atoms with Crippen LogP contribution in [0.1, 0.15) is 17.3 Å². The summed E-state index contributed by atoms with van der Waals surface area (Å²) in [5, 5.41) is 0. The van der Waals surface area contributed by atoms with Gasteiger partial charge in [0.1, 0.15) is 5.75 Å². The van der Waals surface area contributed by atoms with Crippen LogP contribution in [0.25, 0.3) is 0 Å². The molecule has 0 amide bonds. The van der Waals surface area contributed by atoms with E-state index in [2.05, 4.69) is 20.9 Å². The predicted octanol–water partition coefficient (Wildman–Crippen LogP) is 2.43. The lowest BCUT2D eigenvalue weighted by molar-refractivity contribution is 0.408. The lowest BCUT2D eigenvalue weighted by Crippen LogP contribution is -2.14. The maximum Gasteiger partial charge on any atom is 0.122 e. The van der Waals surface area contributed by atoms with E-state index < -0.39 is 0 Å². The maximum atomic E-state index is 6.17. The molecule has 1 atom stereocenters. The number of hydrogen-bond donors (Lipinski definition) is 1. The van der Waals surface area contributed by atoms with E-state index in [1.165, 1.54) is 0 Å². The molecule has 0 saturated heterocycles. The fourth-order valence-corrected chi connectivity index (χ4v) is 2.28. The molecule has 0 saturated carbocycles. The van der Waals surface area contributed by atoms with E-state index in [1.807, 2.05) is 36.0 Å². The largest absolute Gasteiger partial charge is 0.496 e. The van der Waals surface area contributed by atoms with Gasteiger partial charge in [-0.1, -0.05) is 15.9 Å². The van der Waals surface area contributed by atoms with Crippen LogP contribution in [0, 0.1) is 0 Å². The molecule has 0 spiro atoms. The minimum Gasteiger partial charge on any atom is -0.496 e. The predicted molar refractivity (Wildman–Crippen MR) is 74.5 cm³/mol. The molecule has 0 bridgehead atoms. The summed E-state index contributed by atoms with van der Waals surface area (Å²) >= 11 is 3.46. The maximum absolute atomic E-state index is 6.17. The molecule has 5 heteroatoms. The van der Waals surface area contributed by atoms with Crippen LogP contribution in [0.3, 0.4) is 0 Å². The zero-order valence-corrected chi connectivity index (χ0v) is 12.0. The number of ether oxygens (including phenoxy) is 1. The number of imidazole rings is 1.